The summed E-state index contributed by atoms with van der Waals surface area (Å²) in [6.45, 7) is 4.14. The molecule has 0 aliphatic carbocycles. The molecule has 1 aliphatic heterocycles. The van der Waals surface area contributed by atoms with Gasteiger partial charge in [-0.1, -0.05) is 0 Å². The van der Waals surface area contributed by atoms with Gasteiger partial charge in [0.15, 0.2) is 5.76 Å². The lowest BCUT2D eigenvalue weighted by Crippen LogP contribution is -2.45. The Balaban J connectivity index is 2.07. The Labute approximate surface area is 105 Å². The lowest BCUT2D eigenvalue weighted by molar-refractivity contribution is -0.143. The number of aryl methyl sites for hydroxylation is 1. The van der Waals surface area contributed by atoms with E-state index in [-0.39, 0.29) is 17.9 Å². The first-order valence-corrected chi connectivity index (χ1v) is 6.09. The lowest BCUT2D eigenvalue weighted by atomic mass is 9.91. The minimum atomic E-state index is -0.775. The van der Waals surface area contributed by atoms with Crippen LogP contribution >= 0.6 is 0 Å². The van der Waals surface area contributed by atoms with E-state index in [1.807, 2.05) is 6.92 Å². The second-order valence-corrected chi connectivity index (χ2v) is 4.82. The molecule has 1 aromatic rings. The molecule has 1 aromatic heterocycles. The van der Waals surface area contributed by atoms with Crippen molar-refractivity contribution < 1.29 is 19.1 Å². The molecule has 98 valence electrons. The fourth-order valence-corrected chi connectivity index (χ4v) is 2.39. The SMILES string of the molecule is Cc1ccc(C(=O)N2CCC(C(=O)O)CC2C)o1. The van der Waals surface area contributed by atoms with E-state index in [1.54, 1.807) is 24.0 Å². The van der Waals surface area contributed by atoms with Crippen LogP contribution in [-0.2, 0) is 4.79 Å². The van der Waals surface area contributed by atoms with Gasteiger partial charge in [-0.25, -0.2) is 0 Å². The van der Waals surface area contributed by atoms with Gasteiger partial charge in [-0.15, -0.1) is 0 Å². The van der Waals surface area contributed by atoms with Crippen molar-refractivity contribution in [3.8, 4) is 0 Å². The molecule has 0 spiro atoms. The zero-order valence-electron chi connectivity index (χ0n) is 10.5. The second-order valence-electron chi connectivity index (χ2n) is 4.82. The largest absolute Gasteiger partial charge is 0.481 e. The zero-order chi connectivity index (χ0) is 13.3. The summed E-state index contributed by atoms with van der Waals surface area (Å²) in [5.74, 6) is -0.246. The first kappa shape index (κ1) is 12.7. The number of piperidine rings is 1. The standard InChI is InChI=1S/C13H17NO4/c1-8-7-10(13(16)17)5-6-14(8)12(15)11-4-3-9(2)18-11/h3-4,8,10H,5-7H2,1-2H3,(H,16,17). The average molecular weight is 251 g/mol. The van der Waals surface area contributed by atoms with E-state index in [0.29, 0.717) is 30.9 Å². The van der Waals surface area contributed by atoms with Crippen LogP contribution in [0.2, 0.25) is 0 Å². The first-order chi connectivity index (χ1) is 8.49. The van der Waals surface area contributed by atoms with Gasteiger partial charge in [-0.2, -0.15) is 0 Å². The van der Waals surface area contributed by atoms with Crippen molar-refractivity contribution in [2.24, 2.45) is 5.92 Å². The molecule has 1 fully saturated rings. The smallest absolute Gasteiger partial charge is 0.306 e. The molecule has 2 atom stereocenters. The van der Waals surface area contributed by atoms with Crippen molar-refractivity contribution in [3.05, 3.63) is 23.7 Å². The Hall–Kier alpha value is -1.78. The van der Waals surface area contributed by atoms with Gasteiger partial charge in [0.2, 0.25) is 0 Å². The number of hydrogen-bond acceptors (Lipinski definition) is 3. The third-order valence-corrected chi connectivity index (χ3v) is 3.44. The van der Waals surface area contributed by atoms with Crippen LogP contribution in [0.5, 0.6) is 0 Å². The summed E-state index contributed by atoms with van der Waals surface area (Å²) >= 11 is 0. The normalized spacial score (nSPS) is 24.0. The van der Waals surface area contributed by atoms with Gasteiger partial charge in [-0.05, 0) is 38.8 Å². The summed E-state index contributed by atoms with van der Waals surface area (Å²) in [5, 5.41) is 8.98. The van der Waals surface area contributed by atoms with E-state index in [4.69, 9.17) is 9.52 Å². The van der Waals surface area contributed by atoms with E-state index in [2.05, 4.69) is 0 Å². The van der Waals surface area contributed by atoms with Crippen molar-refractivity contribution >= 4 is 11.9 Å². The van der Waals surface area contributed by atoms with Crippen molar-refractivity contribution in [1.29, 1.82) is 0 Å². The number of hydrogen-bond donors (Lipinski definition) is 1. The third-order valence-electron chi connectivity index (χ3n) is 3.44. The number of amides is 1. The van der Waals surface area contributed by atoms with Gasteiger partial charge in [-0.3, -0.25) is 9.59 Å². The zero-order valence-corrected chi connectivity index (χ0v) is 10.5. The fourth-order valence-electron chi connectivity index (χ4n) is 2.39. The molecule has 5 nitrogen and oxygen atoms in total. The third kappa shape index (κ3) is 2.39. The van der Waals surface area contributed by atoms with Crippen LogP contribution in [0.15, 0.2) is 16.5 Å². The Bertz CT molecular complexity index is 465. The van der Waals surface area contributed by atoms with E-state index in [9.17, 15) is 9.59 Å². The van der Waals surface area contributed by atoms with Gasteiger partial charge < -0.3 is 14.4 Å². The van der Waals surface area contributed by atoms with Gasteiger partial charge in [0, 0.05) is 12.6 Å². The molecule has 1 amide bonds. The molecule has 0 bridgehead atoms. The molecule has 5 heteroatoms. The van der Waals surface area contributed by atoms with Crippen molar-refractivity contribution in [2.75, 3.05) is 6.54 Å². The number of carboxylic acid groups (broad SMARTS) is 1. The van der Waals surface area contributed by atoms with Crippen LogP contribution in [0, 0.1) is 12.8 Å². The summed E-state index contributed by atoms with van der Waals surface area (Å²) in [6.07, 6.45) is 1.01. The highest BCUT2D eigenvalue weighted by Gasteiger charge is 2.33. The van der Waals surface area contributed by atoms with Crippen LogP contribution in [0.25, 0.3) is 0 Å². The topological polar surface area (TPSA) is 70.8 Å². The van der Waals surface area contributed by atoms with Gasteiger partial charge in [0.1, 0.15) is 5.76 Å². The maximum atomic E-state index is 12.2. The molecule has 0 saturated carbocycles. The molecule has 2 heterocycles. The molecule has 0 aromatic carbocycles. The van der Waals surface area contributed by atoms with E-state index >= 15 is 0 Å². The summed E-state index contributed by atoms with van der Waals surface area (Å²) in [4.78, 5) is 24.8. The first-order valence-electron chi connectivity index (χ1n) is 6.09. The summed E-state index contributed by atoms with van der Waals surface area (Å²) in [7, 11) is 0. The highest BCUT2D eigenvalue weighted by Crippen LogP contribution is 2.25. The van der Waals surface area contributed by atoms with Crippen LogP contribution < -0.4 is 0 Å². The number of furan rings is 1. The van der Waals surface area contributed by atoms with Crippen LogP contribution in [0.4, 0.5) is 0 Å². The maximum absolute atomic E-state index is 12.2. The highest BCUT2D eigenvalue weighted by molar-refractivity contribution is 5.92. The quantitative estimate of drug-likeness (QED) is 0.871. The van der Waals surface area contributed by atoms with E-state index < -0.39 is 5.97 Å². The van der Waals surface area contributed by atoms with E-state index in [0.717, 1.165) is 0 Å². The Morgan fingerprint density at radius 1 is 1.44 bits per heavy atom. The number of aliphatic carboxylic acids is 1. The van der Waals surface area contributed by atoms with Crippen molar-refractivity contribution in [1.82, 2.24) is 4.90 Å². The molecular formula is C13H17NO4. The number of rotatable bonds is 2. The number of carboxylic acids is 1. The summed E-state index contributed by atoms with van der Waals surface area (Å²) in [5.41, 5.74) is 0. The van der Waals surface area contributed by atoms with Crippen LogP contribution in [-0.4, -0.2) is 34.5 Å². The van der Waals surface area contributed by atoms with Gasteiger partial charge >= 0.3 is 5.97 Å². The molecule has 0 radical (unpaired) electrons. The van der Waals surface area contributed by atoms with Crippen molar-refractivity contribution in [2.45, 2.75) is 32.7 Å². The van der Waals surface area contributed by atoms with Gasteiger partial charge in [0.05, 0.1) is 5.92 Å². The number of likely N-dealkylation sites (tertiary alicyclic amines) is 1. The number of carbonyl (C=O) groups excluding carboxylic acids is 1. The van der Waals surface area contributed by atoms with E-state index in [1.165, 1.54) is 0 Å². The molecule has 1 N–H and O–H groups in total. The van der Waals surface area contributed by atoms with Crippen LogP contribution in [0.1, 0.15) is 36.1 Å². The molecule has 2 unspecified atom stereocenters. The Kier molecular flexibility index (Phi) is 3.41. The number of nitrogens with zero attached hydrogens (tertiary/aromatic N) is 1. The minimum absolute atomic E-state index is 0.0715. The Morgan fingerprint density at radius 2 is 2.17 bits per heavy atom. The minimum Gasteiger partial charge on any atom is -0.481 e. The van der Waals surface area contributed by atoms with Crippen LogP contribution in [0.3, 0.4) is 0 Å². The Morgan fingerprint density at radius 3 is 2.67 bits per heavy atom. The molecule has 1 saturated heterocycles. The lowest BCUT2D eigenvalue weighted by Gasteiger charge is -2.35. The van der Waals surface area contributed by atoms with Crippen molar-refractivity contribution in [3.63, 3.8) is 0 Å². The fraction of sp³-hybridized carbons (Fsp3) is 0.538. The molecular weight excluding hydrogens is 234 g/mol. The summed E-state index contributed by atoms with van der Waals surface area (Å²) in [6, 6.07) is 3.34. The highest BCUT2D eigenvalue weighted by atomic mass is 16.4. The maximum Gasteiger partial charge on any atom is 0.306 e. The monoisotopic (exact) mass is 251 g/mol. The number of carbonyl (C=O) groups is 2. The summed E-state index contributed by atoms with van der Waals surface area (Å²) < 4.78 is 5.31. The molecule has 18 heavy (non-hydrogen) atoms. The van der Waals surface area contributed by atoms with Gasteiger partial charge in [0.25, 0.3) is 5.91 Å². The molecule has 2 rings (SSSR count). The molecule has 1 aliphatic rings. The average Bonchev–Trinajstić information content (AvgIpc) is 2.74. The second kappa shape index (κ2) is 4.84. The predicted octanol–water partition coefficient (Wildman–Crippen LogP) is 1.91. The predicted molar refractivity (Wildman–Crippen MR) is 64.3 cm³/mol.